The molecule has 0 heterocycles. The Morgan fingerprint density at radius 3 is 2.44 bits per heavy atom. The van der Waals surface area contributed by atoms with Gasteiger partial charge in [-0.1, -0.05) is 12.1 Å². The minimum Gasteiger partial charge on any atom is -0.206 e. The van der Waals surface area contributed by atoms with Crippen LogP contribution in [0.1, 0.15) is 0 Å². The lowest BCUT2D eigenvalue weighted by Crippen LogP contribution is -1.73. The second kappa shape index (κ2) is 3.13. The van der Waals surface area contributed by atoms with Crippen LogP contribution in [0.15, 0.2) is 29.2 Å². The number of hydrogen-bond acceptors (Lipinski definition) is 1. The summed E-state index contributed by atoms with van der Waals surface area (Å²) in [5, 5.41) is 0. The van der Waals surface area contributed by atoms with E-state index in [1.807, 2.05) is 0 Å². The first-order valence-corrected chi connectivity index (χ1v) is 4.13. The van der Waals surface area contributed by atoms with Gasteiger partial charge in [-0.2, -0.15) is 0 Å². The number of halogens is 1. The van der Waals surface area contributed by atoms with Gasteiger partial charge in [-0.15, -0.1) is 0 Å². The molecule has 47 valence electrons. The topological polar surface area (TPSA) is 0 Å². The van der Waals surface area contributed by atoms with Crippen molar-refractivity contribution >= 4 is 22.5 Å². The Balaban J connectivity index is 3.01. The Morgan fingerprint density at radius 2 is 2.00 bits per heavy atom. The van der Waals surface area contributed by atoms with Crippen LogP contribution in [-0.4, -0.2) is 0 Å². The van der Waals surface area contributed by atoms with Crippen LogP contribution in [0.5, 0.6) is 0 Å². The molecule has 1 radical (unpaired) electrons. The minimum absolute atomic E-state index is 0.238. The van der Waals surface area contributed by atoms with Crippen LogP contribution < -0.4 is 0 Å². The predicted octanol–water partition coefficient (Wildman–Crippen LogP) is 3.03. The van der Waals surface area contributed by atoms with E-state index < -0.39 is 0 Å². The largest absolute Gasteiger partial charge is 0.206 e. The summed E-state index contributed by atoms with van der Waals surface area (Å²) in [6.45, 7) is 0. The smallest absolute Gasteiger partial charge is 0.137 e. The molecule has 0 atom stereocenters. The molecule has 1 aromatic carbocycles. The zero-order valence-electron chi connectivity index (χ0n) is 4.50. The Kier molecular flexibility index (Phi) is 2.42. The Hall–Kier alpha value is -0.150. The second-order valence-electron chi connectivity index (χ2n) is 1.51. The van der Waals surface area contributed by atoms with Gasteiger partial charge in [0, 0.05) is 0 Å². The standard InChI is InChI=1S/C6H4FS2/c7-5-3-1-2-4-6(5)9-8/h1-4H. The third-order valence-electron chi connectivity index (χ3n) is 0.926. The molecule has 0 saturated heterocycles. The summed E-state index contributed by atoms with van der Waals surface area (Å²) < 4.78 is 12.5. The van der Waals surface area contributed by atoms with Gasteiger partial charge < -0.3 is 0 Å². The van der Waals surface area contributed by atoms with Gasteiger partial charge in [0.25, 0.3) is 0 Å². The fourth-order valence-corrected chi connectivity index (χ4v) is 1.20. The highest BCUT2D eigenvalue weighted by atomic mass is 33.1. The van der Waals surface area contributed by atoms with Crippen molar-refractivity contribution in [1.82, 2.24) is 0 Å². The van der Waals surface area contributed by atoms with Gasteiger partial charge in [0.2, 0.25) is 0 Å². The normalized spacial score (nSPS) is 9.56. The van der Waals surface area contributed by atoms with Crippen LogP contribution in [0.4, 0.5) is 4.39 Å². The molecule has 3 heteroatoms. The van der Waals surface area contributed by atoms with Crippen molar-refractivity contribution in [3.63, 3.8) is 0 Å². The number of rotatable bonds is 1. The summed E-state index contributed by atoms with van der Waals surface area (Å²) >= 11 is 4.58. The fraction of sp³-hybridized carbons (Fsp3) is 0. The first-order chi connectivity index (χ1) is 4.34. The van der Waals surface area contributed by atoms with E-state index in [0.717, 1.165) is 10.8 Å². The van der Waals surface area contributed by atoms with E-state index in [1.54, 1.807) is 18.2 Å². The Morgan fingerprint density at radius 1 is 1.33 bits per heavy atom. The van der Waals surface area contributed by atoms with Crippen molar-refractivity contribution in [2.75, 3.05) is 0 Å². The van der Waals surface area contributed by atoms with Gasteiger partial charge >= 0.3 is 0 Å². The van der Waals surface area contributed by atoms with E-state index in [4.69, 9.17) is 0 Å². The second-order valence-corrected chi connectivity index (χ2v) is 2.62. The molecule has 1 rings (SSSR count). The van der Waals surface area contributed by atoms with Crippen molar-refractivity contribution in [3.8, 4) is 0 Å². The molecule has 0 spiro atoms. The summed E-state index contributed by atoms with van der Waals surface area (Å²) in [7, 11) is 1.00. The van der Waals surface area contributed by atoms with Gasteiger partial charge in [-0.25, -0.2) is 4.39 Å². The van der Waals surface area contributed by atoms with Gasteiger partial charge in [-0.05, 0) is 34.6 Å². The highest BCUT2D eigenvalue weighted by molar-refractivity contribution is 8.68. The molecule has 0 saturated carbocycles. The Labute approximate surface area is 62.3 Å². The van der Waals surface area contributed by atoms with Gasteiger partial charge in [0.05, 0.1) is 4.90 Å². The average Bonchev–Trinajstić information content (AvgIpc) is 1.89. The molecule has 0 nitrogen and oxygen atoms in total. The lowest BCUT2D eigenvalue weighted by molar-refractivity contribution is 0.602. The van der Waals surface area contributed by atoms with E-state index in [2.05, 4.69) is 11.7 Å². The molecule has 0 aromatic heterocycles. The maximum absolute atomic E-state index is 12.5. The summed E-state index contributed by atoms with van der Waals surface area (Å²) in [5.74, 6) is -0.238. The van der Waals surface area contributed by atoms with Crippen LogP contribution >= 0.6 is 22.5 Å². The molecule has 0 amide bonds. The zero-order chi connectivity index (χ0) is 6.69. The van der Waals surface area contributed by atoms with E-state index >= 15 is 0 Å². The molecule has 0 bridgehead atoms. The Bertz CT molecular complexity index is 200. The highest BCUT2D eigenvalue weighted by Gasteiger charge is 1.96. The monoisotopic (exact) mass is 159 g/mol. The van der Waals surface area contributed by atoms with E-state index in [0.29, 0.717) is 4.90 Å². The molecule has 0 aliphatic heterocycles. The number of hydrogen-bond donors (Lipinski definition) is 0. The lowest BCUT2D eigenvalue weighted by atomic mass is 10.4. The molecule has 0 fully saturated rings. The van der Waals surface area contributed by atoms with Crippen molar-refractivity contribution in [2.24, 2.45) is 0 Å². The minimum atomic E-state index is -0.238. The van der Waals surface area contributed by atoms with Gasteiger partial charge in [0.15, 0.2) is 0 Å². The average molecular weight is 159 g/mol. The van der Waals surface area contributed by atoms with Crippen molar-refractivity contribution in [2.45, 2.75) is 4.90 Å². The third kappa shape index (κ3) is 1.63. The molecule has 0 aliphatic rings. The van der Waals surface area contributed by atoms with Crippen LogP contribution in [0.3, 0.4) is 0 Å². The zero-order valence-corrected chi connectivity index (χ0v) is 6.14. The summed E-state index contributed by atoms with van der Waals surface area (Å²) in [6.07, 6.45) is 0. The molecule has 1 aromatic rings. The maximum Gasteiger partial charge on any atom is 0.137 e. The van der Waals surface area contributed by atoms with Crippen LogP contribution in [0, 0.1) is 5.82 Å². The van der Waals surface area contributed by atoms with E-state index in [1.165, 1.54) is 6.07 Å². The third-order valence-corrected chi connectivity index (χ3v) is 1.98. The molecule has 9 heavy (non-hydrogen) atoms. The van der Waals surface area contributed by atoms with Gasteiger partial charge in [0.1, 0.15) is 5.82 Å². The predicted molar refractivity (Wildman–Crippen MR) is 39.8 cm³/mol. The molecule has 0 N–H and O–H groups in total. The molecular formula is C6H4FS2. The molecule has 0 unspecified atom stereocenters. The quantitative estimate of drug-likeness (QED) is 0.567. The van der Waals surface area contributed by atoms with Gasteiger partial charge in [-0.3, -0.25) is 0 Å². The van der Waals surface area contributed by atoms with Crippen molar-refractivity contribution in [1.29, 1.82) is 0 Å². The maximum atomic E-state index is 12.5. The first-order valence-electron chi connectivity index (χ1n) is 2.39. The number of benzene rings is 1. The summed E-state index contributed by atoms with van der Waals surface area (Å²) in [6, 6.07) is 6.46. The summed E-state index contributed by atoms with van der Waals surface area (Å²) in [4.78, 5) is 0.521. The van der Waals surface area contributed by atoms with E-state index in [9.17, 15) is 4.39 Å². The van der Waals surface area contributed by atoms with E-state index in [-0.39, 0.29) is 5.82 Å². The van der Waals surface area contributed by atoms with Crippen molar-refractivity contribution in [3.05, 3.63) is 30.1 Å². The molecule has 0 aliphatic carbocycles. The SMILES string of the molecule is Fc1ccccc1S[S]. The highest BCUT2D eigenvalue weighted by Crippen LogP contribution is 2.23. The first kappa shape index (κ1) is 6.96. The lowest BCUT2D eigenvalue weighted by Gasteiger charge is -1.92. The van der Waals surface area contributed by atoms with Crippen LogP contribution in [-0.2, 0) is 0 Å². The molecular weight excluding hydrogens is 155 g/mol. The van der Waals surface area contributed by atoms with Crippen molar-refractivity contribution < 1.29 is 4.39 Å². The van der Waals surface area contributed by atoms with Crippen LogP contribution in [0.25, 0.3) is 0 Å². The van der Waals surface area contributed by atoms with Crippen LogP contribution in [0.2, 0.25) is 0 Å². The summed E-state index contributed by atoms with van der Waals surface area (Å²) in [5.41, 5.74) is 0. The fourth-order valence-electron chi connectivity index (χ4n) is 0.512.